The highest BCUT2D eigenvalue weighted by atomic mass is 16.1. The van der Waals surface area contributed by atoms with E-state index in [1.807, 2.05) is 12.1 Å². The molecule has 0 aliphatic carbocycles. The molecule has 1 aliphatic rings. The number of hydrogen-bond acceptors (Lipinski definition) is 4. The van der Waals surface area contributed by atoms with Crippen LogP contribution in [0.1, 0.15) is 34.9 Å². The van der Waals surface area contributed by atoms with Crippen LogP contribution in [0.5, 0.6) is 0 Å². The second-order valence-corrected chi connectivity index (χ2v) is 4.49. The van der Waals surface area contributed by atoms with Crippen LogP contribution in [0.3, 0.4) is 0 Å². The van der Waals surface area contributed by atoms with Gasteiger partial charge in [0.25, 0.3) is 0 Å². The molecule has 1 aliphatic heterocycles. The molecular formula is C13H17N3O. The summed E-state index contributed by atoms with van der Waals surface area (Å²) in [6, 6.07) is 3.80. The van der Waals surface area contributed by atoms with E-state index < -0.39 is 0 Å². The summed E-state index contributed by atoms with van der Waals surface area (Å²) in [6.07, 6.45) is 2.95. The number of aliphatic imine (C=N–C) groups is 1. The van der Waals surface area contributed by atoms with Crippen molar-refractivity contribution in [1.29, 1.82) is 0 Å². The van der Waals surface area contributed by atoms with E-state index in [1.54, 1.807) is 0 Å². The molecule has 0 N–H and O–H groups in total. The van der Waals surface area contributed by atoms with Crippen molar-refractivity contribution in [2.24, 2.45) is 4.99 Å². The van der Waals surface area contributed by atoms with E-state index in [0.29, 0.717) is 17.3 Å². The largest absolute Gasteiger partial charge is 0.306 e. The number of nitrogens with zero attached hydrogens (tertiary/aromatic N) is 3. The number of pyridine rings is 1. The van der Waals surface area contributed by atoms with Crippen LogP contribution in [0.4, 0.5) is 5.69 Å². The zero-order chi connectivity index (χ0) is 12.3. The minimum atomic E-state index is 0.399. The fourth-order valence-corrected chi connectivity index (χ4v) is 2.24. The van der Waals surface area contributed by atoms with E-state index in [0.717, 1.165) is 37.9 Å². The minimum absolute atomic E-state index is 0.399. The Hall–Kier alpha value is -1.55. The number of likely N-dealkylation sites (tertiary alicyclic amines) is 1. The number of aldehydes is 1. The molecule has 90 valence electrons. The summed E-state index contributed by atoms with van der Waals surface area (Å²) >= 11 is 0. The first-order chi connectivity index (χ1) is 8.24. The molecule has 0 atom stereocenters. The van der Waals surface area contributed by atoms with Gasteiger partial charge in [0.05, 0.1) is 5.69 Å². The lowest BCUT2D eigenvalue weighted by atomic mass is 9.93. The molecular weight excluding hydrogens is 214 g/mol. The standard InChI is InChI=1S/C13H17N3O/c1-14-12-4-3-11(15-13(12)9-17)10-5-7-16(2)8-6-10/h3-4,9-10H,1,5-8H2,2H3. The average molecular weight is 231 g/mol. The number of aromatic nitrogens is 1. The molecule has 2 rings (SSSR count). The van der Waals surface area contributed by atoms with Crippen molar-refractivity contribution in [2.75, 3.05) is 20.1 Å². The molecule has 0 spiro atoms. The first kappa shape index (κ1) is 11.9. The molecule has 0 unspecified atom stereocenters. The Kier molecular flexibility index (Phi) is 3.64. The van der Waals surface area contributed by atoms with Gasteiger partial charge >= 0.3 is 0 Å². The zero-order valence-corrected chi connectivity index (χ0v) is 10.1. The van der Waals surface area contributed by atoms with Crippen LogP contribution in [0.2, 0.25) is 0 Å². The third-order valence-electron chi connectivity index (χ3n) is 3.34. The van der Waals surface area contributed by atoms with Crippen LogP contribution in [0, 0.1) is 0 Å². The maximum absolute atomic E-state index is 10.9. The highest BCUT2D eigenvalue weighted by Crippen LogP contribution is 2.28. The summed E-state index contributed by atoms with van der Waals surface area (Å²) in [7, 11) is 2.13. The Morgan fingerprint density at radius 1 is 1.47 bits per heavy atom. The molecule has 1 aromatic heterocycles. The summed E-state index contributed by atoms with van der Waals surface area (Å²) in [5.74, 6) is 0.462. The van der Waals surface area contributed by atoms with Gasteiger partial charge in [-0.3, -0.25) is 9.79 Å². The molecule has 0 aromatic carbocycles. The van der Waals surface area contributed by atoms with Crippen molar-refractivity contribution < 1.29 is 4.79 Å². The van der Waals surface area contributed by atoms with Gasteiger partial charge in [0.1, 0.15) is 5.69 Å². The van der Waals surface area contributed by atoms with Crippen molar-refractivity contribution in [3.05, 3.63) is 23.5 Å². The fourth-order valence-electron chi connectivity index (χ4n) is 2.24. The number of carbonyl (C=O) groups is 1. The Morgan fingerprint density at radius 2 is 2.18 bits per heavy atom. The van der Waals surface area contributed by atoms with Crippen molar-refractivity contribution in [3.63, 3.8) is 0 Å². The van der Waals surface area contributed by atoms with Gasteiger partial charge in [-0.1, -0.05) is 0 Å². The summed E-state index contributed by atoms with van der Waals surface area (Å²) in [5.41, 5.74) is 1.97. The topological polar surface area (TPSA) is 45.6 Å². The lowest BCUT2D eigenvalue weighted by Gasteiger charge is -2.28. The van der Waals surface area contributed by atoms with Gasteiger partial charge in [0.2, 0.25) is 0 Å². The molecule has 4 heteroatoms. The predicted octanol–water partition coefficient (Wildman–Crippen LogP) is 2.04. The van der Waals surface area contributed by atoms with Gasteiger partial charge in [-0.05, 0) is 51.8 Å². The van der Waals surface area contributed by atoms with Crippen molar-refractivity contribution in [1.82, 2.24) is 9.88 Å². The fraction of sp³-hybridized carbons (Fsp3) is 0.462. The van der Waals surface area contributed by atoms with Gasteiger partial charge in [0.15, 0.2) is 6.29 Å². The van der Waals surface area contributed by atoms with Gasteiger partial charge in [-0.2, -0.15) is 0 Å². The van der Waals surface area contributed by atoms with Crippen LogP contribution >= 0.6 is 0 Å². The van der Waals surface area contributed by atoms with Crippen LogP contribution in [0.15, 0.2) is 17.1 Å². The third kappa shape index (κ3) is 2.58. The molecule has 0 radical (unpaired) electrons. The molecule has 1 aromatic rings. The van der Waals surface area contributed by atoms with Crippen LogP contribution in [-0.4, -0.2) is 43.0 Å². The first-order valence-corrected chi connectivity index (χ1v) is 5.86. The van der Waals surface area contributed by atoms with Gasteiger partial charge in [0, 0.05) is 11.6 Å². The van der Waals surface area contributed by atoms with Crippen LogP contribution in [0.25, 0.3) is 0 Å². The number of rotatable bonds is 3. The lowest BCUT2D eigenvalue weighted by Crippen LogP contribution is -2.29. The average Bonchev–Trinajstić information content (AvgIpc) is 2.39. The van der Waals surface area contributed by atoms with Crippen molar-refractivity contribution >= 4 is 18.7 Å². The quantitative estimate of drug-likeness (QED) is 0.590. The predicted molar refractivity (Wildman–Crippen MR) is 68.3 cm³/mol. The third-order valence-corrected chi connectivity index (χ3v) is 3.34. The zero-order valence-electron chi connectivity index (χ0n) is 10.1. The molecule has 17 heavy (non-hydrogen) atoms. The van der Waals surface area contributed by atoms with E-state index in [1.165, 1.54) is 0 Å². The maximum Gasteiger partial charge on any atom is 0.170 e. The lowest BCUT2D eigenvalue weighted by molar-refractivity contribution is 0.111. The van der Waals surface area contributed by atoms with E-state index in [4.69, 9.17) is 0 Å². The highest BCUT2D eigenvalue weighted by molar-refractivity contribution is 5.80. The Morgan fingerprint density at radius 3 is 2.76 bits per heavy atom. The monoisotopic (exact) mass is 231 g/mol. The normalized spacial score (nSPS) is 17.9. The molecule has 0 amide bonds. The Balaban J connectivity index is 2.21. The summed E-state index contributed by atoms with van der Waals surface area (Å²) in [6.45, 7) is 5.61. The number of carbonyl (C=O) groups excluding carboxylic acids is 1. The SMILES string of the molecule is C=Nc1ccc(C2CCN(C)CC2)nc1C=O. The molecule has 1 saturated heterocycles. The second-order valence-electron chi connectivity index (χ2n) is 4.49. The number of piperidine rings is 1. The van der Waals surface area contributed by atoms with Crippen LogP contribution < -0.4 is 0 Å². The molecule has 1 fully saturated rings. The van der Waals surface area contributed by atoms with Gasteiger partial charge in [-0.25, -0.2) is 4.98 Å². The molecule has 4 nitrogen and oxygen atoms in total. The smallest absolute Gasteiger partial charge is 0.170 e. The summed E-state index contributed by atoms with van der Waals surface area (Å²) < 4.78 is 0. The van der Waals surface area contributed by atoms with Crippen molar-refractivity contribution in [2.45, 2.75) is 18.8 Å². The van der Waals surface area contributed by atoms with Crippen molar-refractivity contribution in [3.8, 4) is 0 Å². The van der Waals surface area contributed by atoms with Crippen LogP contribution in [-0.2, 0) is 0 Å². The van der Waals surface area contributed by atoms with Gasteiger partial charge < -0.3 is 4.90 Å². The van der Waals surface area contributed by atoms with Gasteiger partial charge in [-0.15, -0.1) is 0 Å². The molecule has 0 bridgehead atoms. The summed E-state index contributed by atoms with van der Waals surface area (Å²) in [5, 5.41) is 0. The van der Waals surface area contributed by atoms with E-state index in [-0.39, 0.29) is 0 Å². The Labute approximate surface area is 101 Å². The van der Waals surface area contributed by atoms with E-state index in [9.17, 15) is 4.79 Å². The van der Waals surface area contributed by atoms with E-state index >= 15 is 0 Å². The molecule has 2 heterocycles. The molecule has 0 saturated carbocycles. The maximum atomic E-state index is 10.9. The minimum Gasteiger partial charge on any atom is -0.306 e. The van der Waals surface area contributed by atoms with E-state index in [2.05, 4.69) is 28.6 Å². The highest BCUT2D eigenvalue weighted by Gasteiger charge is 2.20. The Bertz CT molecular complexity index is 423. The first-order valence-electron chi connectivity index (χ1n) is 5.86. The summed E-state index contributed by atoms with van der Waals surface area (Å²) in [4.78, 5) is 21.4. The second kappa shape index (κ2) is 5.19. The number of hydrogen-bond donors (Lipinski definition) is 0.